The van der Waals surface area contributed by atoms with Crippen LogP contribution < -0.4 is 11.1 Å². The second kappa shape index (κ2) is 9.01. The molecule has 1 heterocycles. The van der Waals surface area contributed by atoms with E-state index in [1.807, 2.05) is 0 Å². The normalized spacial score (nSPS) is 11.8. The minimum Gasteiger partial charge on any atom is -0.343 e. The fraction of sp³-hybridized carbons (Fsp3) is 0.611. The summed E-state index contributed by atoms with van der Waals surface area (Å²) in [5, 5.41) is 3.19. The third kappa shape index (κ3) is 5.19. The van der Waals surface area contributed by atoms with E-state index >= 15 is 0 Å². The number of nitrogens with zero attached hydrogens (tertiary/aromatic N) is 4. The lowest BCUT2D eigenvalue weighted by Gasteiger charge is -2.12. The number of aryl methyl sites for hydroxylation is 2. The summed E-state index contributed by atoms with van der Waals surface area (Å²) in [7, 11) is 8.43. The first kappa shape index (κ1) is 18.7. The topological polar surface area (TPSA) is 62.4 Å². The number of nitrogens with two attached hydrogens (primary N) is 1. The number of aromatic nitrogens is 2. The fourth-order valence-electron chi connectivity index (χ4n) is 2.93. The van der Waals surface area contributed by atoms with Gasteiger partial charge in [0.1, 0.15) is 0 Å². The van der Waals surface area contributed by atoms with Crippen molar-refractivity contribution in [3.63, 3.8) is 0 Å². The molecular weight excluding hydrogens is 300 g/mol. The van der Waals surface area contributed by atoms with Gasteiger partial charge in [-0.15, -0.1) is 0 Å². The molecule has 2 rings (SSSR count). The number of hydrogen-bond acceptors (Lipinski definition) is 5. The molecule has 0 radical (unpaired) electrons. The maximum absolute atomic E-state index is 5.67. The Bertz CT molecular complexity index is 632. The van der Waals surface area contributed by atoms with Crippen LogP contribution in [0.2, 0.25) is 0 Å². The molecule has 0 spiro atoms. The number of hydrogen-bond donors (Lipinski definition) is 2. The molecule has 0 saturated heterocycles. The van der Waals surface area contributed by atoms with Crippen molar-refractivity contribution in [2.45, 2.75) is 25.8 Å². The lowest BCUT2D eigenvalue weighted by Crippen LogP contribution is -2.18. The molecule has 0 aliphatic rings. The first-order chi connectivity index (χ1) is 11.5. The van der Waals surface area contributed by atoms with E-state index in [1.54, 1.807) is 0 Å². The van der Waals surface area contributed by atoms with Gasteiger partial charge in [-0.1, -0.05) is 6.07 Å². The van der Waals surface area contributed by atoms with Crippen LogP contribution >= 0.6 is 0 Å². The summed E-state index contributed by atoms with van der Waals surface area (Å²) in [4.78, 5) is 9.18. The van der Waals surface area contributed by atoms with E-state index in [-0.39, 0.29) is 0 Å². The Kier molecular flexibility index (Phi) is 7.02. The molecule has 6 nitrogen and oxygen atoms in total. The molecule has 3 N–H and O–H groups in total. The third-order valence-electron chi connectivity index (χ3n) is 4.13. The van der Waals surface area contributed by atoms with Crippen molar-refractivity contribution in [1.82, 2.24) is 19.4 Å². The second-order valence-electron chi connectivity index (χ2n) is 6.85. The summed E-state index contributed by atoms with van der Waals surface area (Å²) in [6.07, 6.45) is 3.33. The number of fused-ring (bicyclic) bond motifs is 1. The Morgan fingerprint density at radius 3 is 2.46 bits per heavy atom. The van der Waals surface area contributed by atoms with Gasteiger partial charge in [0.15, 0.2) is 0 Å². The van der Waals surface area contributed by atoms with Gasteiger partial charge < -0.3 is 25.4 Å². The number of imidazole rings is 1. The molecule has 1 aromatic heterocycles. The first-order valence-electron chi connectivity index (χ1n) is 8.74. The predicted octanol–water partition coefficient (Wildman–Crippen LogP) is 1.81. The van der Waals surface area contributed by atoms with Crippen molar-refractivity contribution in [3.05, 3.63) is 23.8 Å². The van der Waals surface area contributed by atoms with Crippen molar-refractivity contribution in [2.75, 3.05) is 53.3 Å². The molecule has 0 unspecified atom stereocenters. The highest BCUT2D eigenvalue weighted by Crippen LogP contribution is 2.22. The van der Waals surface area contributed by atoms with Crippen LogP contribution in [0.3, 0.4) is 0 Å². The monoisotopic (exact) mass is 332 g/mol. The molecule has 0 bridgehead atoms. The summed E-state index contributed by atoms with van der Waals surface area (Å²) >= 11 is 0. The molecule has 0 atom stereocenters. The predicted molar refractivity (Wildman–Crippen MR) is 102 cm³/mol. The maximum Gasteiger partial charge on any atom is 0.204 e. The molecule has 0 amide bonds. The van der Waals surface area contributed by atoms with Crippen LogP contribution in [0.5, 0.6) is 0 Å². The lowest BCUT2D eigenvalue weighted by molar-refractivity contribution is 0.388. The Balaban J connectivity index is 2.16. The van der Waals surface area contributed by atoms with Crippen molar-refractivity contribution < 1.29 is 0 Å². The molecule has 134 valence electrons. The van der Waals surface area contributed by atoms with Crippen molar-refractivity contribution >= 4 is 17.0 Å². The van der Waals surface area contributed by atoms with Crippen LogP contribution in [0.4, 0.5) is 5.95 Å². The number of anilines is 1. The van der Waals surface area contributed by atoms with Crippen LogP contribution in [0.1, 0.15) is 18.4 Å². The van der Waals surface area contributed by atoms with Gasteiger partial charge in [0.2, 0.25) is 5.95 Å². The first-order valence-corrected chi connectivity index (χ1v) is 8.74. The van der Waals surface area contributed by atoms with Crippen molar-refractivity contribution in [1.29, 1.82) is 0 Å². The second-order valence-corrected chi connectivity index (χ2v) is 6.85. The summed E-state index contributed by atoms with van der Waals surface area (Å²) in [5.41, 5.74) is 9.26. The lowest BCUT2D eigenvalue weighted by atomic mass is 10.1. The van der Waals surface area contributed by atoms with Gasteiger partial charge in [-0.25, -0.2) is 4.98 Å². The van der Waals surface area contributed by atoms with Crippen LogP contribution in [0, 0.1) is 0 Å². The van der Waals surface area contributed by atoms with E-state index < -0.39 is 0 Å². The maximum atomic E-state index is 5.67. The van der Waals surface area contributed by atoms with E-state index in [1.165, 1.54) is 11.1 Å². The number of benzene rings is 1. The summed E-state index contributed by atoms with van der Waals surface area (Å²) in [6, 6.07) is 6.65. The van der Waals surface area contributed by atoms with Gasteiger partial charge in [0, 0.05) is 6.54 Å². The molecule has 0 fully saturated rings. The minimum atomic E-state index is 0.396. The zero-order chi connectivity index (χ0) is 17.5. The number of nitrogens with one attached hydrogen (secondary N) is 1. The van der Waals surface area contributed by atoms with Gasteiger partial charge in [-0.2, -0.15) is 0 Å². The molecule has 2 aromatic rings. The van der Waals surface area contributed by atoms with Gasteiger partial charge >= 0.3 is 0 Å². The Hall–Kier alpha value is -1.63. The zero-order valence-electron chi connectivity index (χ0n) is 15.5. The van der Waals surface area contributed by atoms with E-state index in [4.69, 9.17) is 10.7 Å². The van der Waals surface area contributed by atoms with Crippen LogP contribution in [0.15, 0.2) is 18.2 Å². The summed E-state index contributed by atoms with van der Waals surface area (Å²) < 4.78 is 2.25. The molecule has 0 aliphatic heterocycles. The molecule has 0 aliphatic carbocycles. The van der Waals surface area contributed by atoms with Crippen LogP contribution in [-0.2, 0) is 13.0 Å². The minimum absolute atomic E-state index is 0.396. The van der Waals surface area contributed by atoms with E-state index in [2.05, 4.69) is 66.1 Å². The summed E-state index contributed by atoms with van der Waals surface area (Å²) in [5.74, 6) is 0.872. The van der Waals surface area contributed by atoms with Gasteiger partial charge in [0.05, 0.1) is 17.7 Å². The van der Waals surface area contributed by atoms with Crippen molar-refractivity contribution in [3.8, 4) is 0 Å². The highest BCUT2D eigenvalue weighted by molar-refractivity contribution is 5.79. The standard InChI is InChI=1S/C18H32N6/c1-22(2)10-5-7-15-8-9-17-16(13-15)21-18(20-14-19)24(17)12-6-11-23(3)4/h8-9,13H,5-7,10-12,14,19H2,1-4H3,(H,20,21). The quantitative estimate of drug-likeness (QED) is 0.650. The molecule has 1 aromatic carbocycles. The summed E-state index contributed by atoms with van der Waals surface area (Å²) in [6.45, 7) is 3.50. The smallest absolute Gasteiger partial charge is 0.204 e. The van der Waals surface area contributed by atoms with Crippen LogP contribution in [-0.4, -0.2) is 67.3 Å². The molecular formula is C18H32N6. The fourth-order valence-corrected chi connectivity index (χ4v) is 2.93. The zero-order valence-corrected chi connectivity index (χ0v) is 15.5. The van der Waals surface area contributed by atoms with Crippen molar-refractivity contribution in [2.24, 2.45) is 5.73 Å². The average Bonchev–Trinajstić information content (AvgIpc) is 2.84. The van der Waals surface area contributed by atoms with E-state index in [9.17, 15) is 0 Å². The number of rotatable bonds is 10. The van der Waals surface area contributed by atoms with Gasteiger partial charge in [-0.3, -0.25) is 0 Å². The van der Waals surface area contributed by atoms with Gasteiger partial charge in [-0.05, 0) is 78.2 Å². The Labute approximate surface area is 145 Å². The van der Waals surface area contributed by atoms with Gasteiger partial charge in [0.25, 0.3) is 0 Å². The third-order valence-corrected chi connectivity index (χ3v) is 4.13. The Morgan fingerprint density at radius 1 is 1.08 bits per heavy atom. The highest BCUT2D eigenvalue weighted by Gasteiger charge is 2.11. The SMILES string of the molecule is CN(C)CCCc1ccc2c(c1)nc(NCN)n2CCCN(C)C. The average molecular weight is 332 g/mol. The van der Waals surface area contributed by atoms with Crippen LogP contribution in [0.25, 0.3) is 11.0 Å². The van der Waals surface area contributed by atoms with E-state index in [0.717, 1.165) is 50.4 Å². The molecule has 0 saturated carbocycles. The Morgan fingerprint density at radius 2 is 1.79 bits per heavy atom. The largest absolute Gasteiger partial charge is 0.343 e. The highest BCUT2D eigenvalue weighted by atomic mass is 15.2. The molecule has 6 heteroatoms. The van der Waals surface area contributed by atoms with E-state index in [0.29, 0.717) is 6.67 Å². The molecule has 24 heavy (non-hydrogen) atoms.